The molecule has 0 aliphatic carbocycles. The Balaban J connectivity index is 1.82. The van der Waals surface area contributed by atoms with Crippen molar-refractivity contribution in [2.45, 2.75) is 46.0 Å². The van der Waals surface area contributed by atoms with Crippen molar-refractivity contribution >= 4 is 5.71 Å². The van der Waals surface area contributed by atoms with Crippen LogP contribution in [0.15, 0.2) is 35.5 Å². The van der Waals surface area contributed by atoms with Gasteiger partial charge in [0.1, 0.15) is 13.2 Å². The van der Waals surface area contributed by atoms with Crippen LogP contribution in [0.25, 0.3) is 0 Å². The van der Waals surface area contributed by atoms with Crippen LogP contribution in [-0.2, 0) is 20.9 Å². The first-order chi connectivity index (χ1) is 10.1. The molecule has 1 saturated heterocycles. The van der Waals surface area contributed by atoms with Crippen LogP contribution in [0.5, 0.6) is 0 Å². The van der Waals surface area contributed by atoms with Gasteiger partial charge in [0.05, 0.1) is 25.0 Å². The summed E-state index contributed by atoms with van der Waals surface area (Å²) in [4.78, 5) is 4.87. The summed E-state index contributed by atoms with van der Waals surface area (Å²) in [7, 11) is 1.57. The molecule has 1 aliphatic rings. The average Bonchev–Trinajstić information content (AvgIpc) is 3.27. The van der Waals surface area contributed by atoms with E-state index in [1.54, 1.807) is 7.11 Å². The molecule has 116 valence electrons. The van der Waals surface area contributed by atoms with E-state index in [1.165, 1.54) is 5.56 Å². The third kappa shape index (κ3) is 4.29. The van der Waals surface area contributed by atoms with E-state index in [0.717, 1.165) is 12.1 Å². The van der Waals surface area contributed by atoms with Crippen LogP contribution in [0, 0.1) is 5.41 Å². The molecule has 0 saturated carbocycles. The number of ether oxygens (including phenoxy) is 2. The molecule has 0 spiro atoms. The second-order valence-electron chi connectivity index (χ2n) is 6.06. The summed E-state index contributed by atoms with van der Waals surface area (Å²) in [5, 5.41) is 4.05. The summed E-state index contributed by atoms with van der Waals surface area (Å²) in [6.45, 7) is 7.70. The maximum atomic E-state index is 5.86. The van der Waals surface area contributed by atoms with E-state index >= 15 is 0 Å². The Kier molecular flexibility index (Phi) is 5.37. The average molecular weight is 291 g/mol. The van der Waals surface area contributed by atoms with E-state index in [1.807, 2.05) is 18.2 Å². The lowest BCUT2D eigenvalue weighted by molar-refractivity contribution is 0.0366. The van der Waals surface area contributed by atoms with Crippen molar-refractivity contribution in [1.29, 1.82) is 0 Å². The van der Waals surface area contributed by atoms with Gasteiger partial charge in [0.25, 0.3) is 0 Å². The van der Waals surface area contributed by atoms with Gasteiger partial charge in [0.2, 0.25) is 0 Å². The number of hydrogen-bond donors (Lipinski definition) is 0. The monoisotopic (exact) mass is 291 g/mol. The maximum absolute atomic E-state index is 5.86. The number of hydrogen-bond acceptors (Lipinski definition) is 4. The summed E-state index contributed by atoms with van der Waals surface area (Å²) in [6.07, 6.45) is 1.07. The molecule has 21 heavy (non-hydrogen) atoms. The van der Waals surface area contributed by atoms with Gasteiger partial charge in [0.15, 0.2) is 0 Å². The van der Waals surface area contributed by atoms with Gasteiger partial charge in [-0.25, -0.2) is 0 Å². The van der Waals surface area contributed by atoms with Crippen LogP contribution in [0.2, 0.25) is 0 Å². The molecule has 0 bridgehead atoms. The number of nitrogens with zero attached hydrogens (tertiary/aromatic N) is 1. The standard InChI is InChI=1S/C17H25NO3/c1-5-14(18-19-4)15-16(21-15)17(2,3)12-20-11-13-9-7-6-8-10-13/h6-10,15-16H,5,11-12H2,1-4H3/b18-14+/t15-,16+/m0/s1. The Morgan fingerprint density at radius 2 is 2.00 bits per heavy atom. The normalized spacial score (nSPS) is 22.2. The van der Waals surface area contributed by atoms with Crippen molar-refractivity contribution in [3.63, 3.8) is 0 Å². The second kappa shape index (κ2) is 7.05. The number of benzene rings is 1. The van der Waals surface area contributed by atoms with E-state index in [2.05, 4.69) is 38.1 Å². The molecule has 1 aromatic carbocycles. The van der Waals surface area contributed by atoms with Crippen LogP contribution in [-0.4, -0.2) is 31.6 Å². The minimum absolute atomic E-state index is 0.0386. The lowest BCUT2D eigenvalue weighted by Crippen LogP contribution is -2.29. The van der Waals surface area contributed by atoms with Gasteiger partial charge in [-0.05, 0) is 12.0 Å². The molecule has 4 nitrogen and oxygen atoms in total. The molecule has 2 rings (SSSR count). The van der Waals surface area contributed by atoms with E-state index in [4.69, 9.17) is 14.3 Å². The molecule has 0 radical (unpaired) electrons. The van der Waals surface area contributed by atoms with Crippen LogP contribution in [0.4, 0.5) is 0 Å². The quantitative estimate of drug-likeness (QED) is 0.419. The highest BCUT2D eigenvalue weighted by atomic mass is 16.6. The Morgan fingerprint density at radius 3 is 2.62 bits per heavy atom. The summed E-state index contributed by atoms with van der Waals surface area (Å²) in [5.41, 5.74) is 2.12. The lowest BCUT2D eigenvalue weighted by atomic mass is 9.87. The summed E-state index contributed by atoms with van der Waals surface area (Å²) in [6, 6.07) is 10.2. The highest BCUT2D eigenvalue weighted by Gasteiger charge is 2.52. The Morgan fingerprint density at radius 1 is 1.29 bits per heavy atom. The molecule has 4 heteroatoms. The van der Waals surface area contributed by atoms with Crippen LogP contribution < -0.4 is 0 Å². The third-order valence-electron chi connectivity index (χ3n) is 3.75. The Hall–Kier alpha value is -1.39. The molecule has 2 atom stereocenters. The lowest BCUT2D eigenvalue weighted by Gasteiger charge is -2.22. The summed E-state index contributed by atoms with van der Waals surface area (Å²) >= 11 is 0. The van der Waals surface area contributed by atoms with Crippen molar-refractivity contribution in [3.05, 3.63) is 35.9 Å². The Labute approximate surface area is 127 Å². The predicted molar refractivity (Wildman–Crippen MR) is 83.3 cm³/mol. The highest BCUT2D eigenvalue weighted by Crippen LogP contribution is 2.40. The smallest absolute Gasteiger partial charge is 0.126 e. The predicted octanol–water partition coefficient (Wildman–Crippen LogP) is 3.41. The van der Waals surface area contributed by atoms with E-state index in [9.17, 15) is 0 Å². The van der Waals surface area contributed by atoms with Crippen molar-refractivity contribution in [1.82, 2.24) is 0 Å². The van der Waals surface area contributed by atoms with Gasteiger partial charge in [-0.2, -0.15) is 0 Å². The Bertz CT molecular complexity index is 470. The van der Waals surface area contributed by atoms with Gasteiger partial charge in [0, 0.05) is 5.41 Å². The molecule has 0 unspecified atom stereocenters. The molecule has 0 N–H and O–H groups in total. The minimum atomic E-state index is -0.0386. The van der Waals surface area contributed by atoms with Crippen LogP contribution in [0.1, 0.15) is 32.8 Å². The van der Waals surface area contributed by atoms with Crippen LogP contribution in [0.3, 0.4) is 0 Å². The fourth-order valence-corrected chi connectivity index (χ4v) is 2.48. The van der Waals surface area contributed by atoms with Gasteiger partial charge in [-0.3, -0.25) is 0 Å². The topological polar surface area (TPSA) is 43.3 Å². The number of epoxide rings is 1. The summed E-state index contributed by atoms with van der Waals surface area (Å²) in [5.74, 6) is 0. The van der Waals surface area contributed by atoms with Crippen LogP contribution >= 0.6 is 0 Å². The molecular formula is C17H25NO3. The highest BCUT2D eigenvalue weighted by molar-refractivity contribution is 5.90. The molecular weight excluding hydrogens is 266 g/mol. The maximum Gasteiger partial charge on any atom is 0.126 e. The molecule has 1 heterocycles. The van der Waals surface area contributed by atoms with E-state index in [0.29, 0.717) is 13.2 Å². The first-order valence-corrected chi connectivity index (χ1v) is 7.45. The van der Waals surface area contributed by atoms with Crippen molar-refractivity contribution < 1.29 is 14.3 Å². The van der Waals surface area contributed by atoms with Crippen molar-refractivity contribution in [2.24, 2.45) is 10.6 Å². The second-order valence-corrected chi connectivity index (χ2v) is 6.06. The zero-order valence-electron chi connectivity index (χ0n) is 13.3. The fourth-order valence-electron chi connectivity index (χ4n) is 2.48. The molecule has 1 fully saturated rings. The van der Waals surface area contributed by atoms with E-state index < -0.39 is 0 Å². The van der Waals surface area contributed by atoms with Crippen molar-refractivity contribution in [2.75, 3.05) is 13.7 Å². The zero-order chi connectivity index (χ0) is 15.3. The van der Waals surface area contributed by atoms with E-state index in [-0.39, 0.29) is 17.6 Å². The minimum Gasteiger partial charge on any atom is -0.399 e. The molecule has 1 aliphatic heterocycles. The summed E-state index contributed by atoms with van der Waals surface area (Å²) < 4.78 is 11.7. The van der Waals surface area contributed by atoms with Gasteiger partial charge in [-0.1, -0.05) is 56.3 Å². The largest absolute Gasteiger partial charge is 0.399 e. The first-order valence-electron chi connectivity index (χ1n) is 7.45. The third-order valence-corrected chi connectivity index (χ3v) is 3.75. The first kappa shape index (κ1) is 16.0. The zero-order valence-corrected chi connectivity index (χ0v) is 13.3. The van der Waals surface area contributed by atoms with Gasteiger partial charge in [-0.15, -0.1) is 0 Å². The van der Waals surface area contributed by atoms with Crippen molar-refractivity contribution in [3.8, 4) is 0 Å². The van der Waals surface area contributed by atoms with Gasteiger partial charge >= 0.3 is 0 Å². The molecule has 1 aromatic rings. The molecule has 0 aromatic heterocycles. The van der Waals surface area contributed by atoms with Gasteiger partial charge < -0.3 is 14.3 Å². The number of oxime groups is 1. The fraction of sp³-hybridized carbons (Fsp3) is 0.588. The number of rotatable bonds is 8. The SMILES string of the molecule is CC/C(=N\OC)[C@@H]1O[C@H]1C(C)(C)COCc1ccccc1. The molecule has 0 amide bonds.